The molecule has 0 bridgehead atoms. The van der Waals surface area contributed by atoms with Crippen molar-refractivity contribution < 1.29 is 19.0 Å². The molecule has 2 aromatic carbocycles. The summed E-state index contributed by atoms with van der Waals surface area (Å²) in [6.07, 6.45) is 0. The SMILES string of the molecule is COc1ccc(OC[C@H](C)NC(=O)Nc2ccccc2OC)cc1. The van der Waals surface area contributed by atoms with Crippen LogP contribution in [0.25, 0.3) is 0 Å². The molecule has 128 valence electrons. The van der Waals surface area contributed by atoms with E-state index in [0.717, 1.165) is 11.5 Å². The molecule has 0 aliphatic rings. The van der Waals surface area contributed by atoms with E-state index in [4.69, 9.17) is 14.2 Å². The number of hydrogen-bond donors (Lipinski definition) is 2. The summed E-state index contributed by atoms with van der Waals surface area (Å²) in [5.41, 5.74) is 0.612. The van der Waals surface area contributed by atoms with E-state index in [9.17, 15) is 4.79 Å². The van der Waals surface area contributed by atoms with Crippen molar-refractivity contribution in [3.63, 3.8) is 0 Å². The molecule has 0 heterocycles. The van der Waals surface area contributed by atoms with Crippen molar-refractivity contribution in [2.45, 2.75) is 13.0 Å². The third-order valence-corrected chi connectivity index (χ3v) is 3.29. The molecule has 0 spiro atoms. The zero-order chi connectivity index (χ0) is 17.4. The molecular weight excluding hydrogens is 308 g/mol. The molecule has 0 fully saturated rings. The summed E-state index contributed by atoms with van der Waals surface area (Å²) in [4.78, 5) is 12.0. The third kappa shape index (κ3) is 5.08. The highest BCUT2D eigenvalue weighted by atomic mass is 16.5. The van der Waals surface area contributed by atoms with Crippen molar-refractivity contribution in [3.8, 4) is 17.2 Å². The molecule has 0 aromatic heterocycles. The third-order valence-electron chi connectivity index (χ3n) is 3.29. The highest BCUT2D eigenvalue weighted by molar-refractivity contribution is 5.91. The predicted molar refractivity (Wildman–Crippen MR) is 93.1 cm³/mol. The van der Waals surface area contributed by atoms with Crippen LogP contribution < -0.4 is 24.8 Å². The van der Waals surface area contributed by atoms with E-state index in [1.165, 1.54) is 0 Å². The lowest BCUT2D eigenvalue weighted by molar-refractivity contribution is 0.236. The minimum atomic E-state index is -0.315. The molecule has 6 nitrogen and oxygen atoms in total. The molecule has 1 atom stereocenters. The highest BCUT2D eigenvalue weighted by Gasteiger charge is 2.10. The van der Waals surface area contributed by atoms with Gasteiger partial charge >= 0.3 is 6.03 Å². The number of amides is 2. The summed E-state index contributed by atoms with van der Waals surface area (Å²) in [6, 6.07) is 14.0. The number of methoxy groups -OCH3 is 2. The lowest BCUT2D eigenvalue weighted by Crippen LogP contribution is -2.39. The van der Waals surface area contributed by atoms with Crippen LogP contribution in [-0.2, 0) is 0 Å². The summed E-state index contributed by atoms with van der Waals surface area (Å²) in [6.45, 7) is 2.22. The van der Waals surface area contributed by atoms with E-state index in [2.05, 4.69) is 10.6 Å². The number of benzene rings is 2. The molecule has 2 amide bonds. The van der Waals surface area contributed by atoms with E-state index in [-0.39, 0.29) is 12.1 Å². The van der Waals surface area contributed by atoms with Crippen LogP contribution in [-0.4, -0.2) is 32.9 Å². The average molecular weight is 330 g/mol. The van der Waals surface area contributed by atoms with Crippen LogP contribution in [0.4, 0.5) is 10.5 Å². The molecule has 24 heavy (non-hydrogen) atoms. The van der Waals surface area contributed by atoms with Crippen LogP contribution in [0.2, 0.25) is 0 Å². The van der Waals surface area contributed by atoms with Crippen molar-refractivity contribution in [1.29, 1.82) is 0 Å². The molecule has 6 heteroatoms. The fourth-order valence-electron chi connectivity index (χ4n) is 2.06. The molecule has 0 saturated heterocycles. The second-order valence-electron chi connectivity index (χ2n) is 5.19. The summed E-state index contributed by atoms with van der Waals surface area (Å²) < 4.78 is 15.9. The van der Waals surface area contributed by atoms with Crippen LogP contribution in [0, 0.1) is 0 Å². The smallest absolute Gasteiger partial charge is 0.319 e. The van der Waals surface area contributed by atoms with Gasteiger partial charge in [-0.2, -0.15) is 0 Å². The van der Waals surface area contributed by atoms with Crippen LogP contribution in [0.5, 0.6) is 17.2 Å². The van der Waals surface area contributed by atoms with Crippen LogP contribution in [0.3, 0.4) is 0 Å². The van der Waals surface area contributed by atoms with Gasteiger partial charge in [0, 0.05) is 0 Å². The number of urea groups is 1. The van der Waals surface area contributed by atoms with Crippen LogP contribution in [0.1, 0.15) is 6.92 Å². The first-order chi connectivity index (χ1) is 11.6. The first-order valence-electron chi connectivity index (χ1n) is 7.59. The van der Waals surface area contributed by atoms with Crippen molar-refractivity contribution in [3.05, 3.63) is 48.5 Å². The maximum Gasteiger partial charge on any atom is 0.319 e. The Kier molecular flexibility index (Phi) is 6.31. The lowest BCUT2D eigenvalue weighted by Gasteiger charge is -2.16. The number of ether oxygens (including phenoxy) is 3. The van der Waals surface area contributed by atoms with E-state index in [0.29, 0.717) is 18.0 Å². The van der Waals surface area contributed by atoms with E-state index < -0.39 is 0 Å². The summed E-state index contributed by atoms with van der Waals surface area (Å²) in [5, 5.41) is 5.58. The van der Waals surface area contributed by atoms with E-state index in [1.54, 1.807) is 26.4 Å². The lowest BCUT2D eigenvalue weighted by atomic mass is 10.3. The van der Waals surface area contributed by atoms with Crippen LogP contribution >= 0.6 is 0 Å². The molecule has 2 N–H and O–H groups in total. The van der Waals surface area contributed by atoms with Gasteiger partial charge in [0.25, 0.3) is 0 Å². The van der Waals surface area contributed by atoms with Gasteiger partial charge in [0.05, 0.1) is 25.9 Å². The number of nitrogens with one attached hydrogen (secondary N) is 2. The van der Waals surface area contributed by atoms with Crippen molar-refractivity contribution in [2.75, 3.05) is 26.1 Å². The average Bonchev–Trinajstić information content (AvgIpc) is 2.60. The Bertz CT molecular complexity index is 658. The number of carbonyl (C=O) groups is 1. The van der Waals surface area contributed by atoms with Crippen molar-refractivity contribution in [1.82, 2.24) is 5.32 Å². The van der Waals surface area contributed by atoms with E-state index >= 15 is 0 Å². The van der Waals surface area contributed by atoms with Gasteiger partial charge in [-0.3, -0.25) is 0 Å². The first kappa shape index (κ1) is 17.5. The molecule has 0 saturated carbocycles. The molecular formula is C18H22N2O4. The number of rotatable bonds is 7. The molecule has 0 aliphatic carbocycles. The quantitative estimate of drug-likeness (QED) is 0.817. The zero-order valence-electron chi connectivity index (χ0n) is 14.0. The van der Waals surface area contributed by atoms with Gasteiger partial charge in [-0.1, -0.05) is 12.1 Å². The predicted octanol–water partition coefficient (Wildman–Crippen LogP) is 3.29. The summed E-state index contributed by atoms with van der Waals surface area (Å²) in [5.74, 6) is 2.09. The molecule has 2 aromatic rings. The fraction of sp³-hybridized carbons (Fsp3) is 0.278. The van der Waals surface area contributed by atoms with Gasteiger partial charge in [0.15, 0.2) is 0 Å². The Labute approximate surface area is 141 Å². The second kappa shape index (κ2) is 8.67. The van der Waals surface area contributed by atoms with Crippen LogP contribution in [0.15, 0.2) is 48.5 Å². The maximum absolute atomic E-state index is 12.0. The summed E-state index contributed by atoms with van der Waals surface area (Å²) >= 11 is 0. The Hall–Kier alpha value is -2.89. The number of para-hydroxylation sites is 2. The van der Waals surface area contributed by atoms with Gasteiger partial charge in [0.2, 0.25) is 0 Å². The van der Waals surface area contributed by atoms with Gasteiger partial charge in [-0.05, 0) is 43.3 Å². The Morgan fingerprint density at radius 1 is 1.00 bits per heavy atom. The Morgan fingerprint density at radius 3 is 2.33 bits per heavy atom. The Balaban J connectivity index is 1.80. The minimum Gasteiger partial charge on any atom is -0.497 e. The second-order valence-corrected chi connectivity index (χ2v) is 5.19. The van der Waals surface area contributed by atoms with E-state index in [1.807, 2.05) is 43.3 Å². The van der Waals surface area contributed by atoms with Crippen molar-refractivity contribution in [2.24, 2.45) is 0 Å². The van der Waals surface area contributed by atoms with Gasteiger partial charge < -0.3 is 24.8 Å². The maximum atomic E-state index is 12.0. The topological polar surface area (TPSA) is 68.8 Å². The number of hydrogen-bond acceptors (Lipinski definition) is 4. The fourth-order valence-corrected chi connectivity index (χ4v) is 2.06. The largest absolute Gasteiger partial charge is 0.497 e. The number of anilines is 1. The molecule has 0 radical (unpaired) electrons. The van der Waals surface area contributed by atoms with Crippen molar-refractivity contribution >= 4 is 11.7 Å². The number of carbonyl (C=O) groups excluding carboxylic acids is 1. The van der Waals surface area contributed by atoms with Gasteiger partial charge in [0.1, 0.15) is 23.9 Å². The highest BCUT2D eigenvalue weighted by Crippen LogP contribution is 2.22. The standard InChI is InChI=1S/C18H22N2O4/c1-13(12-24-15-10-8-14(22-2)9-11-15)19-18(21)20-16-6-4-5-7-17(16)23-3/h4-11,13H,12H2,1-3H3,(H2,19,20,21)/t13-/m0/s1. The monoisotopic (exact) mass is 330 g/mol. The molecule has 2 rings (SSSR count). The van der Waals surface area contributed by atoms with Gasteiger partial charge in [-0.25, -0.2) is 4.79 Å². The first-order valence-corrected chi connectivity index (χ1v) is 7.59. The molecule has 0 aliphatic heterocycles. The zero-order valence-corrected chi connectivity index (χ0v) is 14.0. The molecule has 0 unspecified atom stereocenters. The van der Waals surface area contributed by atoms with Gasteiger partial charge in [-0.15, -0.1) is 0 Å². The Morgan fingerprint density at radius 2 is 1.67 bits per heavy atom. The minimum absolute atomic E-state index is 0.165. The normalized spacial score (nSPS) is 11.3. The summed E-state index contributed by atoms with van der Waals surface area (Å²) in [7, 11) is 3.17.